The summed E-state index contributed by atoms with van der Waals surface area (Å²) in [5, 5.41) is 0. The Hall–Kier alpha value is -3.62. The number of benzene rings is 2. The maximum Gasteiger partial charge on any atom is 0.166 e. The fourth-order valence-corrected chi connectivity index (χ4v) is 4.02. The zero-order valence-corrected chi connectivity index (χ0v) is 23.3. The molecule has 0 fully saturated rings. The molecule has 4 N–H and O–H groups in total. The Bertz CT molecular complexity index is 1200. The zero-order valence-electron chi connectivity index (χ0n) is 23.3. The van der Waals surface area contributed by atoms with Gasteiger partial charge in [-0.15, -0.1) is 0 Å². The van der Waals surface area contributed by atoms with E-state index in [-0.39, 0.29) is 18.0 Å². The van der Waals surface area contributed by atoms with Crippen LogP contribution in [0.4, 0.5) is 0 Å². The third-order valence-electron chi connectivity index (χ3n) is 6.39. The highest BCUT2D eigenvalue weighted by molar-refractivity contribution is 6.17. The fraction of sp³-hybridized carbons (Fsp3) is 0.400. The van der Waals surface area contributed by atoms with E-state index in [9.17, 15) is 9.59 Å². The van der Waals surface area contributed by atoms with Crippen molar-refractivity contribution in [2.75, 3.05) is 40.5 Å². The number of rotatable bonds is 15. The summed E-state index contributed by atoms with van der Waals surface area (Å²) in [7, 11) is 3.12. The Morgan fingerprint density at radius 3 is 1.66 bits per heavy atom. The lowest BCUT2D eigenvalue weighted by Gasteiger charge is -2.15. The summed E-state index contributed by atoms with van der Waals surface area (Å²) in [6, 6.07) is 11.0. The minimum atomic E-state index is -0.229. The Kier molecular flexibility index (Phi) is 12.0. The van der Waals surface area contributed by atoms with Crippen molar-refractivity contribution in [1.29, 1.82) is 0 Å². The lowest BCUT2D eigenvalue weighted by atomic mass is 9.92. The Labute approximate surface area is 225 Å². The van der Waals surface area contributed by atoms with Crippen LogP contribution in [0.3, 0.4) is 0 Å². The summed E-state index contributed by atoms with van der Waals surface area (Å²) in [6.07, 6.45) is 0.395. The van der Waals surface area contributed by atoms with Gasteiger partial charge in [-0.1, -0.05) is 19.1 Å². The molecule has 0 saturated carbocycles. The summed E-state index contributed by atoms with van der Waals surface area (Å²) in [4.78, 5) is 26.3. The van der Waals surface area contributed by atoms with Gasteiger partial charge in [-0.05, 0) is 84.9 Å². The van der Waals surface area contributed by atoms with Gasteiger partial charge in [0.15, 0.2) is 34.6 Å². The van der Waals surface area contributed by atoms with Crippen LogP contribution in [-0.2, 0) is 9.59 Å². The molecule has 2 aromatic carbocycles. The molecule has 0 aromatic heterocycles. The van der Waals surface area contributed by atoms with Crippen molar-refractivity contribution in [2.24, 2.45) is 11.5 Å². The molecule has 0 amide bonds. The summed E-state index contributed by atoms with van der Waals surface area (Å²) in [6.45, 7) is 8.85. The van der Waals surface area contributed by atoms with Gasteiger partial charge < -0.3 is 30.4 Å². The molecule has 0 saturated heterocycles. The van der Waals surface area contributed by atoms with Crippen LogP contribution in [0.2, 0.25) is 0 Å². The molecule has 206 valence electrons. The van der Waals surface area contributed by atoms with Gasteiger partial charge in [0.2, 0.25) is 0 Å². The molecule has 8 nitrogen and oxygen atoms in total. The van der Waals surface area contributed by atoms with Gasteiger partial charge in [0, 0.05) is 13.1 Å². The highest BCUT2D eigenvalue weighted by atomic mass is 16.5. The second-order valence-corrected chi connectivity index (χ2v) is 8.74. The predicted octanol–water partition coefficient (Wildman–Crippen LogP) is 4.58. The molecule has 0 bridgehead atoms. The average Bonchev–Trinajstić information content (AvgIpc) is 2.94. The van der Waals surface area contributed by atoms with Crippen LogP contribution in [-0.4, -0.2) is 52.1 Å². The van der Waals surface area contributed by atoms with Crippen LogP contribution in [0, 0.1) is 0 Å². The van der Waals surface area contributed by atoms with Crippen LogP contribution in [0.25, 0.3) is 11.1 Å². The largest absolute Gasteiger partial charge is 0.493 e. The minimum Gasteiger partial charge on any atom is -0.493 e. The van der Waals surface area contributed by atoms with Crippen molar-refractivity contribution < 1.29 is 28.5 Å². The maximum absolute atomic E-state index is 13.2. The fourth-order valence-electron chi connectivity index (χ4n) is 4.02. The molecule has 2 aromatic rings. The van der Waals surface area contributed by atoms with Gasteiger partial charge in [0.05, 0.1) is 20.6 Å². The molecule has 0 spiro atoms. The number of Topliss-reactive ketones (excluding diaryl/α,β-unsaturated/α-hetero) is 2. The Morgan fingerprint density at radius 1 is 0.711 bits per heavy atom. The number of allylic oxidation sites excluding steroid dienone is 4. The van der Waals surface area contributed by atoms with Crippen molar-refractivity contribution in [1.82, 2.24) is 0 Å². The molecule has 0 atom stereocenters. The molecule has 8 heteroatoms. The van der Waals surface area contributed by atoms with E-state index in [4.69, 9.17) is 30.4 Å². The quantitative estimate of drug-likeness (QED) is 0.256. The zero-order chi connectivity index (χ0) is 28.2. The van der Waals surface area contributed by atoms with Gasteiger partial charge in [0.25, 0.3) is 0 Å². The number of methoxy groups -OCH3 is 2. The van der Waals surface area contributed by atoms with Crippen LogP contribution < -0.4 is 30.4 Å². The Morgan fingerprint density at radius 2 is 1.18 bits per heavy atom. The van der Waals surface area contributed by atoms with Crippen LogP contribution >= 0.6 is 0 Å². The molecule has 0 radical (unpaired) electrons. The molecule has 0 aliphatic rings. The van der Waals surface area contributed by atoms with Crippen LogP contribution in [0.5, 0.6) is 23.0 Å². The van der Waals surface area contributed by atoms with Crippen LogP contribution in [0.15, 0.2) is 47.5 Å². The first kappa shape index (κ1) is 30.6. The van der Waals surface area contributed by atoms with Gasteiger partial charge in [-0.25, -0.2) is 0 Å². The lowest BCUT2D eigenvalue weighted by molar-refractivity contribution is -0.122. The molecular weight excluding hydrogens is 484 g/mol. The van der Waals surface area contributed by atoms with E-state index >= 15 is 0 Å². The van der Waals surface area contributed by atoms with E-state index in [2.05, 4.69) is 0 Å². The first-order valence-corrected chi connectivity index (χ1v) is 12.7. The third kappa shape index (κ3) is 7.69. The molecule has 0 aliphatic heterocycles. The SMILES string of the molecule is CC/C(=C(/C)C(=O)CC(=O)/C(C)=C(\C)c1ccc(OCCN)c(OC)c1)c1ccc(OCCN)c(OC)c1. The van der Waals surface area contributed by atoms with Gasteiger partial charge in [0.1, 0.15) is 13.2 Å². The van der Waals surface area contributed by atoms with E-state index in [1.165, 1.54) is 0 Å². The van der Waals surface area contributed by atoms with Gasteiger partial charge in [-0.2, -0.15) is 0 Å². The monoisotopic (exact) mass is 524 g/mol. The van der Waals surface area contributed by atoms with Crippen molar-refractivity contribution in [3.05, 3.63) is 58.7 Å². The van der Waals surface area contributed by atoms with E-state index in [0.29, 0.717) is 66.9 Å². The van der Waals surface area contributed by atoms with E-state index < -0.39 is 0 Å². The molecule has 0 heterocycles. The second-order valence-electron chi connectivity index (χ2n) is 8.74. The topological polar surface area (TPSA) is 123 Å². The van der Waals surface area contributed by atoms with Crippen molar-refractivity contribution in [3.63, 3.8) is 0 Å². The maximum atomic E-state index is 13.2. The van der Waals surface area contributed by atoms with E-state index in [0.717, 1.165) is 22.3 Å². The second kappa shape index (κ2) is 15.0. The molecule has 2 rings (SSSR count). The van der Waals surface area contributed by atoms with Gasteiger partial charge >= 0.3 is 0 Å². The highest BCUT2D eigenvalue weighted by Crippen LogP contribution is 2.34. The molecule has 0 aliphatic carbocycles. The normalized spacial score (nSPS) is 12.3. The number of hydrogen-bond acceptors (Lipinski definition) is 8. The first-order chi connectivity index (χ1) is 18.2. The first-order valence-electron chi connectivity index (χ1n) is 12.7. The predicted molar refractivity (Wildman–Crippen MR) is 151 cm³/mol. The van der Waals surface area contributed by atoms with E-state index in [1.54, 1.807) is 40.2 Å². The molecule has 38 heavy (non-hydrogen) atoms. The number of ether oxygens (including phenoxy) is 4. The summed E-state index contributed by atoms with van der Waals surface area (Å²) in [5.74, 6) is 1.83. The van der Waals surface area contributed by atoms with E-state index in [1.807, 2.05) is 38.1 Å². The standard InChI is InChI=1S/C30H40N2O6/c1-7-24(23-9-11-28(38-15-13-32)30(17-23)36-6)21(4)26(34)18-25(33)20(3)19(2)22-8-10-27(37-14-12-31)29(16-22)35-5/h8-11,16-17H,7,12-15,18,31-32H2,1-6H3/b20-19+,24-21+. The van der Waals surface area contributed by atoms with Crippen molar-refractivity contribution in [2.45, 2.75) is 40.5 Å². The van der Waals surface area contributed by atoms with Crippen molar-refractivity contribution >= 4 is 22.7 Å². The number of hydrogen-bond donors (Lipinski definition) is 2. The third-order valence-corrected chi connectivity index (χ3v) is 6.39. The number of carbonyl (C=O) groups excluding carboxylic acids is 2. The number of carbonyl (C=O) groups is 2. The average molecular weight is 525 g/mol. The van der Waals surface area contributed by atoms with Crippen molar-refractivity contribution in [3.8, 4) is 23.0 Å². The molecule has 0 unspecified atom stereocenters. The smallest absolute Gasteiger partial charge is 0.166 e. The van der Waals surface area contributed by atoms with Crippen LogP contribution in [0.1, 0.15) is 51.7 Å². The highest BCUT2D eigenvalue weighted by Gasteiger charge is 2.19. The minimum absolute atomic E-state index is 0.218. The Balaban J connectivity index is 2.28. The molecular formula is C30H40N2O6. The van der Waals surface area contributed by atoms with Gasteiger partial charge in [-0.3, -0.25) is 9.59 Å². The summed E-state index contributed by atoms with van der Waals surface area (Å²) >= 11 is 0. The number of nitrogens with two attached hydrogens (primary N) is 2. The number of ketones is 2. The lowest BCUT2D eigenvalue weighted by Crippen LogP contribution is -2.12. The summed E-state index contributed by atoms with van der Waals surface area (Å²) in [5.41, 5.74) is 15.4. The summed E-state index contributed by atoms with van der Waals surface area (Å²) < 4.78 is 22.1.